The van der Waals surface area contributed by atoms with Gasteiger partial charge in [0, 0.05) is 0 Å². The summed E-state index contributed by atoms with van der Waals surface area (Å²) < 4.78 is 5.23. The highest BCUT2D eigenvalue weighted by Gasteiger charge is 2.53. The summed E-state index contributed by atoms with van der Waals surface area (Å²) in [6.07, 6.45) is 0. The van der Waals surface area contributed by atoms with Crippen molar-refractivity contribution in [1.29, 1.82) is 0 Å². The maximum absolute atomic E-state index is 13.2. The minimum absolute atomic E-state index is 0.351. The van der Waals surface area contributed by atoms with E-state index in [0.717, 1.165) is 10.5 Å². The van der Waals surface area contributed by atoms with Crippen LogP contribution >= 0.6 is 0 Å². The van der Waals surface area contributed by atoms with Crippen LogP contribution in [0.2, 0.25) is 0 Å². The molecule has 2 N–H and O–H groups in total. The average Bonchev–Trinajstić information content (AvgIpc) is 2.87. The third kappa shape index (κ3) is 3.01. The van der Waals surface area contributed by atoms with Crippen molar-refractivity contribution in [3.8, 4) is 5.75 Å². The number of carbonyl (C=O) groups excluding carboxylic acids is 2. The Morgan fingerprint density at radius 3 is 2.41 bits per heavy atom. The minimum atomic E-state index is -1.40. The van der Waals surface area contributed by atoms with Crippen LogP contribution in [-0.4, -0.2) is 35.0 Å². The molecular weight excluding hydrogens is 348 g/mol. The SMILES string of the molecule is COc1ccc(C2(C)NC(=O)N(C(C(=O)O)c3ccccc3)C2=O)cc1C. The Morgan fingerprint density at radius 1 is 1.19 bits per heavy atom. The first-order valence-corrected chi connectivity index (χ1v) is 8.38. The van der Waals surface area contributed by atoms with Gasteiger partial charge in [-0.05, 0) is 42.7 Å². The van der Waals surface area contributed by atoms with E-state index in [1.54, 1.807) is 62.6 Å². The third-order valence-electron chi connectivity index (χ3n) is 4.80. The third-order valence-corrected chi connectivity index (χ3v) is 4.80. The summed E-state index contributed by atoms with van der Waals surface area (Å²) in [7, 11) is 1.55. The predicted molar refractivity (Wildman–Crippen MR) is 97.3 cm³/mol. The number of hydrogen-bond donors (Lipinski definition) is 2. The van der Waals surface area contributed by atoms with Gasteiger partial charge in [-0.2, -0.15) is 0 Å². The number of ether oxygens (including phenoxy) is 1. The monoisotopic (exact) mass is 368 g/mol. The first-order chi connectivity index (χ1) is 12.8. The predicted octanol–water partition coefficient (Wildman–Crippen LogP) is 2.60. The second-order valence-electron chi connectivity index (χ2n) is 6.57. The average molecular weight is 368 g/mol. The summed E-state index contributed by atoms with van der Waals surface area (Å²) in [5.41, 5.74) is 0.341. The van der Waals surface area contributed by atoms with Gasteiger partial charge >= 0.3 is 12.0 Å². The Balaban J connectivity index is 2.03. The highest BCUT2D eigenvalue weighted by atomic mass is 16.5. The second kappa shape index (κ2) is 6.75. The molecule has 1 fully saturated rings. The first-order valence-electron chi connectivity index (χ1n) is 8.38. The zero-order valence-electron chi connectivity index (χ0n) is 15.2. The summed E-state index contributed by atoms with van der Waals surface area (Å²) >= 11 is 0. The van der Waals surface area contributed by atoms with Crippen molar-refractivity contribution >= 4 is 17.9 Å². The number of amides is 3. The molecule has 140 valence electrons. The molecule has 0 saturated carbocycles. The molecule has 2 aromatic rings. The molecule has 3 amide bonds. The summed E-state index contributed by atoms with van der Waals surface area (Å²) in [6.45, 7) is 3.40. The fourth-order valence-corrected chi connectivity index (χ4v) is 3.32. The van der Waals surface area contributed by atoms with Crippen molar-refractivity contribution in [1.82, 2.24) is 10.2 Å². The van der Waals surface area contributed by atoms with Gasteiger partial charge in [-0.1, -0.05) is 36.4 Å². The number of carboxylic acid groups (broad SMARTS) is 1. The number of imide groups is 1. The largest absolute Gasteiger partial charge is 0.496 e. The first kappa shape index (κ1) is 18.4. The molecule has 1 aliphatic heterocycles. The molecule has 1 heterocycles. The number of benzene rings is 2. The van der Waals surface area contributed by atoms with Gasteiger partial charge in [0.05, 0.1) is 7.11 Å². The number of hydrogen-bond acceptors (Lipinski definition) is 4. The lowest BCUT2D eigenvalue weighted by molar-refractivity contribution is -0.148. The van der Waals surface area contributed by atoms with E-state index in [-0.39, 0.29) is 0 Å². The van der Waals surface area contributed by atoms with Crippen molar-refractivity contribution in [2.45, 2.75) is 25.4 Å². The molecule has 1 saturated heterocycles. The molecule has 1 aliphatic rings. The number of aryl methyl sites for hydroxylation is 1. The summed E-state index contributed by atoms with van der Waals surface area (Å²) in [4.78, 5) is 38.4. The fourth-order valence-electron chi connectivity index (χ4n) is 3.32. The molecule has 0 aromatic heterocycles. The van der Waals surface area contributed by atoms with Crippen molar-refractivity contribution in [3.63, 3.8) is 0 Å². The molecule has 7 heteroatoms. The number of methoxy groups -OCH3 is 1. The molecule has 3 rings (SSSR count). The van der Waals surface area contributed by atoms with Crippen LogP contribution in [0.5, 0.6) is 5.75 Å². The molecular formula is C20H20N2O5. The Bertz CT molecular complexity index is 912. The van der Waals surface area contributed by atoms with Crippen LogP contribution in [0.3, 0.4) is 0 Å². The van der Waals surface area contributed by atoms with Crippen LogP contribution in [0.1, 0.15) is 29.7 Å². The molecule has 0 spiro atoms. The number of nitrogens with one attached hydrogen (secondary N) is 1. The molecule has 0 aliphatic carbocycles. The standard InChI is InChI=1S/C20H20N2O5/c1-12-11-14(9-10-15(12)27-3)20(2)18(25)22(19(26)21-20)16(17(23)24)13-7-5-4-6-8-13/h4-11,16H,1-3H3,(H,21,26)(H,23,24). The van der Waals surface area contributed by atoms with Crippen LogP contribution < -0.4 is 10.1 Å². The zero-order valence-corrected chi connectivity index (χ0v) is 15.2. The number of rotatable bonds is 5. The molecule has 0 radical (unpaired) electrons. The van der Waals surface area contributed by atoms with E-state index in [1.165, 1.54) is 0 Å². The van der Waals surface area contributed by atoms with Crippen molar-refractivity contribution in [2.75, 3.05) is 7.11 Å². The van der Waals surface area contributed by atoms with Gasteiger partial charge in [0.1, 0.15) is 11.3 Å². The van der Waals surface area contributed by atoms with E-state index >= 15 is 0 Å². The summed E-state index contributed by atoms with van der Waals surface area (Å²) in [5.74, 6) is -1.24. The molecule has 2 unspecified atom stereocenters. The lowest BCUT2D eigenvalue weighted by Gasteiger charge is -2.25. The maximum atomic E-state index is 13.2. The van der Waals surface area contributed by atoms with Gasteiger partial charge in [0.15, 0.2) is 6.04 Å². The lowest BCUT2D eigenvalue weighted by atomic mass is 9.90. The van der Waals surface area contributed by atoms with Crippen molar-refractivity contribution < 1.29 is 24.2 Å². The van der Waals surface area contributed by atoms with Crippen LogP contribution in [0.25, 0.3) is 0 Å². The van der Waals surface area contributed by atoms with Crippen LogP contribution in [0.4, 0.5) is 4.79 Å². The number of carbonyl (C=O) groups is 3. The highest BCUT2D eigenvalue weighted by molar-refractivity contribution is 6.09. The molecule has 7 nitrogen and oxygen atoms in total. The Labute approximate surface area is 156 Å². The van der Waals surface area contributed by atoms with Gasteiger partial charge in [-0.3, -0.25) is 4.79 Å². The topological polar surface area (TPSA) is 95.9 Å². The number of aliphatic carboxylic acids is 1. The normalized spacial score (nSPS) is 20.3. The van der Waals surface area contributed by atoms with E-state index in [0.29, 0.717) is 16.9 Å². The van der Waals surface area contributed by atoms with Crippen molar-refractivity contribution in [3.05, 3.63) is 65.2 Å². The molecule has 0 bridgehead atoms. The van der Waals surface area contributed by atoms with E-state index in [9.17, 15) is 19.5 Å². The Hall–Kier alpha value is -3.35. The highest BCUT2D eigenvalue weighted by Crippen LogP contribution is 2.35. The minimum Gasteiger partial charge on any atom is -0.496 e. The van der Waals surface area contributed by atoms with Gasteiger partial charge < -0.3 is 15.2 Å². The second-order valence-corrected chi connectivity index (χ2v) is 6.57. The number of carboxylic acids is 1. The smallest absolute Gasteiger partial charge is 0.331 e. The van der Waals surface area contributed by atoms with E-state index in [4.69, 9.17) is 4.74 Å². The molecule has 2 atom stereocenters. The number of nitrogens with zero attached hydrogens (tertiary/aromatic N) is 1. The Kier molecular flexibility index (Phi) is 4.61. The molecule has 2 aromatic carbocycles. The van der Waals surface area contributed by atoms with Crippen LogP contribution in [0.15, 0.2) is 48.5 Å². The van der Waals surface area contributed by atoms with Gasteiger partial charge in [-0.25, -0.2) is 14.5 Å². The quantitative estimate of drug-likeness (QED) is 0.791. The van der Waals surface area contributed by atoms with E-state index < -0.39 is 29.5 Å². The van der Waals surface area contributed by atoms with Crippen LogP contribution in [-0.2, 0) is 15.1 Å². The lowest BCUT2D eigenvalue weighted by Crippen LogP contribution is -2.42. The fraction of sp³-hybridized carbons (Fsp3) is 0.250. The van der Waals surface area contributed by atoms with Crippen molar-refractivity contribution in [2.24, 2.45) is 0 Å². The van der Waals surface area contributed by atoms with Gasteiger partial charge in [0.25, 0.3) is 5.91 Å². The van der Waals surface area contributed by atoms with Crippen LogP contribution in [0, 0.1) is 6.92 Å². The Morgan fingerprint density at radius 2 is 1.85 bits per heavy atom. The summed E-state index contributed by atoms with van der Waals surface area (Å²) in [5, 5.41) is 12.3. The molecule has 27 heavy (non-hydrogen) atoms. The van der Waals surface area contributed by atoms with Gasteiger partial charge in [-0.15, -0.1) is 0 Å². The van der Waals surface area contributed by atoms with E-state index in [1.807, 2.05) is 6.92 Å². The van der Waals surface area contributed by atoms with Gasteiger partial charge in [0.2, 0.25) is 0 Å². The zero-order chi connectivity index (χ0) is 19.8. The number of urea groups is 1. The summed E-state index contributed by atoms with van der Waals surface area (Å²) in [6, 6.07) is 11.2. The maximum Gasteiger partial charge on any atom is 0.331 e. The van der Waals surface area contributed by atoms with E-state index in [2.05, 4.69) is 5.32 Å².